The minimum atomic E-state index is -0.448. The number of methoxy groups -OCH3 is 3. The molecule has 8 heteroatoms. The molecule has 0 atom stereocenters. The van der Waals surface area contributed by atoms with Gasteiger partial charge in [-0.25, -0.2) is 4.79 Å². The smallest absolute Gasteiger partial charge is 0.351 e. The Morgan fingerprint density at radius 1 is 1.00 bits per heavy atom. The molecule has 0 spiro atoms. The number of ether oxygens (including phenoxy) is 4. The molecule has 0 saturated heterocycles. The number of fused-ring (bicyclic) bond motifs is 1. The molecule has 0 unspecified atom stereocenters. The van der Waals surface area contributed by atoms with Crippen molar-refractivity contribution in [2.45, 2.75) is 13.3 Å². The summed E-state index contributed by atoms with van der Waals surface area (Å²) in [5.41, 5.74) is 0.971. The third kappa shape index (κ3) is 4.49. The quantitative estimate of drug-likeness (QED) is 0.521. The fourth-order valence-electron chi connectivity index (χ4n) is 2.87. The van der Waals surface area contributed by atoms with Gasteiger partial charge in [0.05, 0.1) is 27.9 Å². The molecule has 158 valence electrons. The third-order valence-corrected chi connectivity index (χ3v) is 5.47. The second-order valence-corrected chi connectivity index (χ2v) is 7.42. The van der Waals surface area contributed by atoms with Crippen molar-refractivity contribution in [3.05, 3.63) is 46.8 Å². The van der Waals surface area contributed by atoms with E-state index in [9.17, 15) is 9.59 Å². The van der Waals surface area contributed by atoms with Crippen LogP contribution in [0.1, 0.15) is 33.4 Å². The molecule has 0 bridgehead atoms. The largest absolute Gasteiger partial charge is 0.497 e. The predicted molar refractivity (Wildman–Crippen MR) is 116 cm³/mol. The highest BCUT2D eigenvalue weighted by atomic mass is 32.1. The average Bonchev–Trinajstić information content (AvgIpc) is 3.14. The van der Waals surface area contributed by atoms with Crippen molar-refractivity contribution in [3.8, 4) is 17.2 Å². The van der Waals surface area contributed by atoms with Gasteiger partial charge in [0.2, 0.25) is 0 Å². The van der Waals surface area contributed by atoms with Crippen LogP contribution in [0.4, 0.5) is 5.69 Å². The molecule has 7 nitrogen and oxygen atoms in total. The number of hydrogen-bond donors (Lipinski definition) is 1. The Hall–Kier alpha value is -3.26. The van der Waals surface area contributed by atoms with Crippen LogP contribution in [0.3, 0.4) is 0 Å². The topological polar surface area (TPSA) is 83.1 Å². The van der Waals surface area contributed by atoms with E-state index < -0.39 is 5.97 Å². The molecular weight excluding hydrogens is 406 g/mol. The van der Waals surface area contributed by atoms with Gasteiger partial charge in [-0.2, -0.15) is 0 Å². The van der Waals surface area contributed by atoms with E-state index in [-0.39, 0.29) is 5.91 Å². The summed E-state index contributed by atoms with van der Waals surface area (Å²) in [5.74, 6) is 0.752. The van der Waals surface area contributed by atoms with E-state index in [1.165, 1.54) is 32.7 Å². The number of carbonyl (C=O) groups excluding carboxylic acids is 2. The fourth-order valence-corrected chi connectivity index (χ4v) is 3.91. The summed E-state index contributed by atoms with van der Waals surface area (Å²) in [7, 11) is 4.39. The van der Waals surface area contributed by atoms with E-state index in [1.807, 2.05) is 13.0 Å². The standard InChI is InChI=1S/C22H23NO6S/c1-5-8-29-19-17-11-14(6-7-18(17)30-20(19)22(25)28-4)23-21(24)13-9-15(26-2)12-16(10-13)27-3/h6-7,9-12H,5,8H2,1-4H3,(H,23,24). The van der Waals surface area contributed by atoms with Crippen LogP contribution in [0.2, 0.25) is 0 Å². The summed E-state index contributed by atoms with van der Waals surface area (Å²) in [4.78, 5) is 25.3. The van der Waals surface area contributed by atoms with E-state index in [2.05, 4.69) is 5.32 Å². The molecule has 0 saturated carbocycles. The maximum Gasteiger partial charge on any atom is 0.351 e. The van der Waals surface area contributed by atoms with Crippen molar-refractivity contribution in [2.75, 3.05) is 33.3 Å². The second-order valence-electron chi connectivity index (χ2n) is 6.37. The van der Waals surface area contributed by atoms with Crippen LogP contribution >= 0.6 is 11.3 Å². The first kappa shape index (κ1) is 21.4. The zero-order valence-corrected chi connectivity index (χ0v) is 18.1. The first-order chi connectivity index (χ1) is 14.5. The molecule has 1 aromatic heterocycles. The van der Waals surface area contributed by atoms with Gasteiger partial charge in [0.1, 0.15) is 11.5 Å². The van der Waals surface area contributed by atoms with E-state index in [1.54, 1.807) is 30.3 Å². The molecule has 30 heavy (non-hydrogen) atoms. The maximum absolute atomic E-state index is 12.8. The third-order valence-electron chi connectivity index (χ3n) is 4.34. The molecule has 0 aliphatic heterocycles. The number of rotatable bonds is 8. The molecule has 0 radical (unpaired) electrons. The van der Waals surface area contributed by atoms with Gasteiger partial charge in [-0.1, -0.05) is 6.92 Å². The monoisotopic (exact) mass is 429 g/mol. The van der Waals surface area contributed by atoms with Gasteiger partial charge in [-0.05, 0) is 36.8 Å². The summed E-state index contributed by atoms with van der Waals surface area (Å²) in [6.07, 6.45) is 0.798. The number of nitrogens with one attached hydrogen (secondary N) is 1. The van der Waals surface area contributed by atoms with Crippen molar-refractivity contribution in [2.24, 2.45) is 0 Å². The molecule has 3 aromatic rings. The van der Waals surface area contributed by atoms with Crippen molar-refractivity contribution in [1.29, 1.82) is 0 Å². The number of amides is 1. The Balaban J connectivity index is 1.95. The second kappa shape index (κ2) is 9.49. The molecular formula is C22H23NO6S. The van der Waals surface area contributed by atoms with E-state index in [0.717, 1.165) is 16.5 Å². The van der Waals surface area contributed by atoms with Crippen LogP contribution in [0.5, 0.6) is 17.2 Å². The lowest BCUT2D eigenvalue weighted by molar-refractivity contribution is 0.0602. The highest BCUT2D eigenvalue weighted by Crippen LogP contribution is 2.40. The van der Waals surface area contributed by atoms with Gasteiger partial charge < -0.3 is 24.3 Å². The SMILES string of the molecule is CCCOc1c(C(=O)OC)sc2ccc(NC(=O)c3cc(OC)cc(OC)c3)cc12. The summed E-state index contributed by atoms with van der Waals surface area (Å²) in [5, 5.41) is 3.62. The first-order valence-corrected chi connectivity index (χ1v) is 10.1. The number of hydrogen-bond acceptors (Lipinski definition) is 7. The summed E-state index contributed by atoms with van der Waals surface area (Å²) in [6.45, 7) is 2.45. The van der Waals surface area contributed by atoms with Crippen molar-refractivity contribution in [1.82, 2.24) is 0 Å². The Kier molecular flexibility index (Phi) is 6.79. The number of benzene rings is 2. The molecule has 0 aliphatic carbocycles. The lowest BCUT2D eigenvalue weighted by Gasteiger charge is -2.10. The number of anilines is 1. The zero-order valence-electron chi connectivity index (χ0n) is 17.2. The number of carbonyl (C=O) groups is 2. The molecule has 1 heterocycles. The van der Waals surface area contributed by atoms with Gasteiger partial charge in [0.15, 0.2) is 10.6 Å². The highest BCUT2D eigenvalue weighted by molar-refractivity contribution is 7.21. The van der Waals surface area contributed by atoms with Crippen LogP contribution in [-0.4, -0.2) is 39.8 Å². The van der Waals surface area contributed by atoms with Crippen molar-refractivity contribution >= 4 is 39.0 Å². The van der Waals surface area contributed by atoms with Gasteiger partial charge in [0.25, 0.3) is 5.91 Å². The Morgan fingerprint density at radius 2 is 1.70 bits per heavy atom. The van der Waals surface area contributed by atoms with Gasteiger partial charge >= 0.3 is 5.97 Å². The van der Waals surface area contributed by atoms with Crippen LogP contribution in [0.15, 0.2) is 36.4 Å². The molecule has 0 aliphatic rings. The first-order valence-electron chi connectivity index (χ1n) is 9.32. The Labute approximate surface area is 178 Å². The molecule has 1 N–H and O–H groups in total. The maximum atomic E-state index is 12.8. The fraction of sp³-hybridized carbons (Fsp3) is 0.273. The predicted octanol–water partition coefficient (Wildman–Crippen LogP) is 4.75. The Bertz CT molecular complexity index is 1050. The minimum Gasteiger partial charge on any atom is -0.497 e. The summed E-state index contributed by atoms with van der Waals surface area (Å²) >= 11 is 1.30. The van der Waals surface area contributed by atoms with Crippen LogP contribution in [0, 0.1) is 0 Å². The lowest BCUT2D eigenvalue weighted by atomic mass is 10.1. The van der Waals surface area contributed by atoms with Crippen LogP contribution in [0.25, 0.3) is 10.1 Å². The van der Waals surface area contributed by atoms with Crippen LogP contribution < -0.4 is 19.5 Å². The normalized spacial score (nSPS) is 10.5. The summed E-state index contributed by atoms with van der Waals surface area (Å²) in [6, 6.07) is 10.4. The number of thiophene rings is 1. The van der Waals surface area contributed by atoms with Crippen molar-refractivity contribution < 1.29 is 28.5 Å². The minimum absolute atomic E-state index is 0.314. The van der Waals surface area contributed by atoms with E-state index in [4.69, 9.17) is 18.9 Å². The van der Waals surface area contributed by atoms with Crippen LogP contribution in [-0.2, 0) is 4.74 Å². The molecule has 0 fully saturated rings. The lowest BCUT2D eigenvalue weighted by Crippen LogP contribution is -2.12. The summed E-state index contributed by atoms with van der Waals surface area (Å²) < 4.78 is 22.0. The van der Waals surface area contributed by atoms with Gasteiger partial charge in [0, 0.05) is 27.4 Å². The van der Waals surface area contributed by atoms with Gasteiger partial charge in [-0.15, -0.1) is 11.3 Å². The van der Waals surface area contributed by atoms with Crippen molar-refractivity contribution in [3.63, 3.8) is 0 Å². The van der Waals surface area contributed by atoms with Gasteiger partial charge in [-0.3, -0.25) is 4.79 Å². The number of esters is 1. The van der Waals surface area contributed by atoms with E-state index >= 15 is 0 Å². The molecule has 3 rings (SSSR count). The zero-order chi connectivity index (χ0) is 21.7. The molecule has 2 aromatic carbocycles. The highest BCUT2D eigenvalue weighted by Gasteiger charge is 2.21. The molecule has 1 amide bonds. The average molecular weight is 429 g/mol. The van der Waals surface area contributed by atoms with E-state index in [0.29, 0.717) is 40.0 Å². The Morgan fingerprint density at radius 3 is 2.30 bits per heavy atom.